The average Bonchev–Trinajstić information content (AvgIpc) is 2.80. The maximum Gasteiger partial charge on any atom is 0.273 e. The summed E-state index contributed by atoms with van der Waals surface area (Å²) in [5.74, 6) is 0.587. The summed E-state index contributed by atoms with van der Waals surface area (Å²) in [5, 5.41) is 0. The number of nitrogens with zero attached hydrogens (tertiary/aromatic N) is 1. The summed E-state index contributed by atoms with van der Waals surface area (Å²) in [4.78, 5) is 4.18. The lowest BCUT2D eigenvalue weighted by Crippen LogP contribution is -2.11. The Kier molecular flexibility index (Phi) is 3.38. The SMILES string of the molecule is CCC(CC1CO[C]=N1)c1ccccc1. The fourth-order valence-electron chi connectivity index (χ4n) is 2.00. The van der Waals surface area contributed by atoms with Crippen LogP contribution >= 0.6 is 0 Å². The third-order valence-electron chi connectivity index (χ3n) is 2.90. The summed E-state index contributed by atoms with van der Waals surface area (Å²) >= 11 is 0. The molecule has 0 aliphatic carbocycles. The Morgan fingerprint density at radius 3 is 2.87 bits per heavy atom. The van der Waals surface area contributed by atoms with Crippen LogP contribution in [0.3, 0.4) is 0 Å². The van der Waals surface area contributed by atoms with Crippen LogP contribution in [-0.4, -0.2) is 19.0 Å². The van der Waals surface area contributed by atoms with Gasteiger partial charge in [0.05, 0.1) is 6.04 Å². The molecule has 0 saturated carbocycles. The minimum Gasteiger partial charge on any atom is -0.472 e. The molecule has 0 amide bonds. The Morgan fingerprint density at radius 1 is 1.47 bits per heavy atom. The van der Waals surface area contributed by atoms with Crippen LogP contribution in [-0.2, 0) is 4.74 Å². The first kappa shape index (κ1) is 10.2. The highest BCUT2D eigenvalue weighted by atomic mass is 16.5. The van der Waals surface area contributed by atoms with E-state index in [-0.39, 0.29) is 0 Å². The molecule has 2 rings (SSSR count). The molecule has 2 nitrogen and oxygen atoms in total. The summed E-state index contributed by atoms with van der Waals surface area (Å²) in [5.41, 5.74) is 1.40. The summed E-state index contributed by atoms with van der Waals surface area (Å²) in [7, 11) is 0. The van der Waals surface area contributed by atoms with E-state index in [0.717, 1.165) is 12.8 Å². The Bertz CT molecular complexity index is 321. The minimum absolute atomic E-state index is 0.301. The summed E-state index contributed by atoms with van der Waals surface area (Å²) in [6.45, 7) is 2.92. The van der Waals surface area contributed by atoms with E-state index in [1.54, 1.807) is 0 Å². The molecular formula is C13H16NO. The number of hydrogen-bond acceptors (Lipinski definition) is 2. The zero-order valence-corrected chi connectivity index (χ0v) is 9.02. The minimum atomic E-state index is 0.301. The lowest BCUT2D eigenvalue weighted by Gasteiger charge is -2.17. The number of rotatable bonds is 4. The van der Waals surface area contributed by atoms with Gasteiger partial charge in [0, 0.05) is 0 Å². The number of benzene rings is 1. The van der Waals surface area contributed by atoms with Crippen LogP contribution in [0.25, 0.3) is 0 Å². The highest BCUT2D eigenvalue weighted by molar-refractivity contribution is 5.49. The van der Waals surface area contributed by atoms with Crippen LogP contribution in [0.5, 0.6) is 0 Å². The molecule has 1 aliphatic rings. The molecule has 15 heavy (non-hydrogen) atoms. The lowest BCUT2D eigenvalue weighted by molar-refractivity contribution is 0.314. The fourth-order valence-corrected chi connectivity index (χ4v) is 2.00. The zero-order chi connectivity index (χ0) is 10.5. The number of aliphatic imine (C=N–C) groups is 1. The highest BCUT2D eigenvalue weighted by Crippen LogP contribution is 2.26. The highest BCUT2D eigenvalue weighted by Gasteiger charge is 2.18. The van der Waals surface area contributed by atoms with Gasteiger partial charge in [0.25, 0.3) is 6.40 Å². The first-order valence-electron chi connectivity index (χ1n) is 5.51. The van der Waals surface area contributed by atoms with Crippen LogP contribution in [0.1, 0.15) is 31.2 Å². The molecule has 1 aliphatic heterocycles. The van der Waals surface area contributed by atoms with E-state index in [2.05, 4.69) is 48.6 Å². The Balaban J connectivity index is 2.01. The molecular weight excluding hydrogens is 186 g/mol. The standard InChI is InChI=1S/C13H16NO/c1-2-11(8-13-9-15-10-14-13)12-6-4-3-5-7-12/h3-7,11,13H,2,8-9H2,1H3. The second-order valence-electron chi connectivity index (χ2n) is 3.94. The van der Waals surface area contributed by atoms with Gasteiger partial charge in [-0.3, -0.25) is 0 Å². The van der Waals surface area contributed by atoms with Crippen molar-refractivity contribution in [1.82, 2.24) is 0 Å². The molecule has 2 unspecified atom stereocenters. The molecule has 0 fully saturated rings. The third-order valence-corrected chi connectivity index (χ3v) is 2.90. The van der Waals surface area contributed by atoms with Gasteiger partial charge < -0.3 is 4.74 Å². The van der Waals surface area contributed by atoms with Crippen molar-refractivity contribution in [3.8, 4) is 0 Å². The van der Waals surface area contributed by atoms with Crippen molar-refractivity contribution in [2.45, 2.75) is 31.7 Å². The molecule has 1 aromatic carbocycles. The van der Waals surface area contributed by atoms with Crippen molar-refractivity contribution in [3.05, 3.63) is 35.9 Å². The Hall–Kier alpha value is -1.31. The van der Waals surface area contributed by atoms with Crippen LogP contribution < -0.4 is 0 Å². The summed E-state index contributed by atoms with van der Waals surface area (Å²) in [6.07, 6.45) is 4.79. The number of ether oxygens (including phenoxy) is 1. The molecule has 0 saturated heterocycles. The Morgan fingerprint density at radius 2 is 2.27 bits per heavy atom. The molecule has 0 bridgehead atoms. The van der Waals surface area contributed by atoms with Gasteiger partial charge in [0.2, 0.25) is 0 Å². The second kappa shape index (κ2) is 4.96. The van der Waals surface area contributed by atoms with Crippen LogP contribution in [0.4, 0.5) is 0 Å². The normalized spacial score (nSPS) is 21.3. The van der Waals surface area contributed by atoms with Crippen molar-refractivity contribution in [1.29, 1.82) is 0 Å². The average molecular weight is 202 g/mol. The molecule has 1 heterocycles. The summed E-state index contributed by atoms with van der Waals surface area (Å²) in [6, 6.07) is 10.9. The van der Waals surface area contributed by atoms with E-state index < -0.39 is 0 Å². The smallest absolute Gasteiger partial charge is 0.273 e. The Labute approximate surface area is 91.0 Å². The van der Waals surface area contributed by atoms with E-state index >= 15 is 0 Å². The van der Waals surface area contributed by atoms with Crippen LogP contribution in [0.15, 0.2) is 35.3 Å². The van der Waals surface area contributed by atoms with Gasteiger partial charge in [-0.2, -0.15) is 0 Å². The molecule has 1 aromatic rings. The van der Waals surface area contributed by atoms with Gasteiger partial charge >= 0.3 is 0 Å². The maximum atomic E-state index is 5.02. The van der Waals surface area contributed by atoms with E-state index in [1.807, 2.05) is 0 Å². The first-order chi connectivity index (χ1) is 7.40. The fraction of sp³-hybridized carbons (Fsp3) is 0.462. The van der Waals surface area contributed by atoms with Crippen molar-refractivity contribution < 1.29 is 4.74 Å². The van der Waals surface area contributed by atoms with Crippen molar-refractivity contribution >= 4 is 6.40 Å². The number of hydrogen-bond donors (Lipinski definition) is 0. The summed E-state index contributed by atoms with van der Waals surface area (Å²) < 4.78 is 5.02. The molecule has 79 valence electrons. The topological polar surface area (TPSA) is 21.6 Å². The third kappa shape index (κ3) is 2.58. The van der Waals surface area contributed by atoms with Gasteiger partial charge in [-0.05, 0) is 24.3 Å². The maximum absolute atomic E-state index is 5.02. The molecule has 2 heteroatoms. The predicted molar refractivity (Wildman–Crippen MR) is 61.3 cm³/mol. The van der Waals surface area contributed by atoms with E-state index in [4.69, 9.17) is 4.74 Å². The molecule has 0 aromatic heterocycles. The van der Waals surface area contributed by atoms with Crippen LogP contribution in [0, 0.1) is 0 Å². The van der Waals surface area contributed by atoms with Gasteiger partial charge in [0.15, 0.2) is 0 Å². The molecule has 0 N–H and O–H groups in total. The zero-order valence-electron chi connectivity index (χ0n) is 9.02. The molecule has 1 radical (unpaired) electrons. The van der Waals surface area contributed by atoms with E-state index in [1.165, 1.54) is 5.56 Å². The second-order valence-corrected chi connectivity index (χ2v) is 3.94. The quantitative estimate of drug-likeness (QED) is 0.735. The van der Waals surface area contributed by atoms with Crippen molar-refractivity contribution in [2.24, 2.45) is 4.99 Å². The molecule has 0 spiro atoms. The van der Waals surface area contributed by atoms with E-state index in [9.17, 15) is 0 Å². The van der Waals surface area contributed by atoms with E-state index in [0.29, 0.717) is 18.6 Å². The lowest BCUT2D eigenvalue weighted by atomic mass is 9.90. The molecule has 2 atom stereocenters. The van der Waals surface area contributed by atoms with Gasteiger partial charge in [-0.1, -0.05) is 37.3 Å². The monoisotopic (exact) mass is 202 g/mol. The van der Waals surface area contributed by atoms with Gasteiger partial charge in [-0.15, -0.1) is 0 Å². The predicted octanol–water partition coefficient (Wildman–Crippen LogP) is 2.87. The van der Waals surface area contributed by atoms with Crippen LogP contribution in [0.2, 0.25) is 0 Å². The van der Waals surface area contributed by atoms with Gasteiger partial charge in [0.1, 0.15) is 6.61 Å². The van der Waals surface area contributed by atoms with Gasteiger partial charge in [-0.25, -0.2) is 4.99 Å². The van der Waals surface area contributed by atoms with Crippen molar-refractivity contribution in [3.63, 3.8) is 0 Å². The largest absolute Gasteiger partial charge is 0.472 e. The first-order valence-corrected chi connectivity index (χ1v) is 5.51. The van der Waals surface area contributed by atoms with Crippen molar-refractivity contribution in [2.75, 3.05) is 6.61 Å².